The molecular formula is C30H48O6. The van der Waals surface area contributed by atoms with Crippen molar-refractivity contribution in [3.05, 3.63) is 11.6 Å². The van der Waals surface area contributed by atoms with Crippen LogP contribution in [0.25, 0.3) is 0 Å². The van der Waals surface area contributed by atoms with Crippen LogP contribution >= 0.6 is 0 Å². The molecule has 2 saturated carbocycles. The average Bonchev–Trinajstić information content (AvgIpc) is 3.35. The topological polar surface area (TPSA) is 89.9 Å². The highest BCUT2D eigenvalue weighted by molar-refractivity contribution is 5.94. The minimum absolute atomic E-state index is 0.0295. The first-order chi connectivity index (χ1) is 17.1. The summed E-state index contributed by atoms with van der Waals surface area (Å²) in [5.74, 6) is -0.139. The number of allylic oxidation sites excluding steroid dienone is 1. The Morgan fingerprint density at radius 2 is 1.83 bits per heavy atom. The minimum Gasteiger partial charge on any atom is -0.468 e. The van der Waals surface area contributed by atoms with Gasteiger partial charge in [0.2, 0.25) is 0 Å². The van der Waals surface area contributed by atoms with E-state index in [4.69, 9.17) is 9.47 Å². The highest BCUT2D eigenvalue weighted by Crippen LogP contribution is 2.60. The molecule has 0 amide bonds. The number of aliphatic hydroxyl groups is 1. The molecule has 1 N–H and O–H groups in total. The van der Waals surface area contributed by atoms with Crippen molar-refractivity contribution < 1.29 is 29.0 Å². The fraction of sp³-hybridized carbons (Fsp3) is 0.833. The van der Waals surface area contributed by atoms with Crippen LogP contribution in [0.3, 0.4) is 0 Å². The van der Waals surface area contributed by atoms with Gasteiger partial charge in [0, 0.05) is 12.3 Å². The number of hydrogen-bond donors (Lipinski definition) is 1. The molecule has 6 heteroatoms. The monoisotopic (exact) mass is 504 g/mol. The van der Waals surface area contributed by atoms with Gasteiger partial charge in [-0.1, -0.05) is 46.1 Å². The third-order valence-corrected chi connectivity index (χ3v) is 10.1. The number of ketones is 1. The first kappa shape index (κ1) is 28.9. The number of carbonyl (C=O) groups is 3. The number of fused-ring (bicyclic) bond motifs is 1. The third-order valence-electron chi connectivity index (χ3n) is 10.1. The summed E-state index contributed by atoms with van der Waals surface area (Å²) in [7, 11) is 2.61. The zero-order chi connectivity index (χ0) is 26.6. The van der Waals surface area contributed by atoms with E-state index in [0.29, 0.717) is 30.6 Å². The Balaban J connectivity index is 1.83. The maximum absolute atomic E-state index is 12.4. The lowest BCUT2D eigenvalue weighted by atomic mass is 9.49. The Hall–Kier alpha value is -1.69. The summed E-state index contributed by atoms with van der Waals surface area (Å²) in [6.45, 7) is 8.84. The Labute approximate surface area is 217 Å². The van der Waals surface area contributed by atoms with Crippen molar-refractivity contribution in [2.45, 2.75) is 98.0 Å². The summed E-state index contributed by atoms with van der Waals surface area (Å²) in [6.07, 6.45) is 10.7. The van der Waals surface area contributed by atoms with Crippen LogP contribution in [-0.2, 0) is 23.9 Å². The molecule has 0 aromatic carbocycles. The third kappa shape index (κ3) is 5.58. The van der Waals surface area contributed by atoms with Gasteiger partial charge in [0.15, 0.2) is 11.7 Å². The van der Waals surface area contributed by atoms with E-state index in [1.807, 2.05) is 6.08 Å². The quantitative estimate of drug-likeness (QED) is 0.312. The molecule has 204 valence electrons. The zero-order valence-corrected chi connectivity index (χ0v) is 23.3. The lowest BCUT2D eigenvalue weighted by Crippen LogP contribution is -2.54. The second kappa shape index (κ2) is 12.2. The minimum atomic E-state index is -0.887. The first-order valence-electron chi connectivity index (χ1n) is 14.2. The predicted molar refractivity (Wildman–Crippen MR) is 139 cm³/mol. The summed E-state index contributed by atoms with van der Waals surface area (Å²) >= 11 is 0. The Morgan fingerprint density at radius 3 is 2.42 bits per heavy atom. The summed E-state index contributed by atoms with van der Waals surface area (Å²) in [5.41, 5.74) is 1.17. The van der Waals surface area contributed by atoms with E-state index >= 15 is 0 Å². The Kier molecular flexibility index (Phi) is 9.81. The van der Waals surface area contributed by atoms with Gasteiger partial charge in [-0.2, -0.15) is 0 Å². The van der Waals surface area contributed by atoms with Crippen LogP contribution in [0, 0.1) is 46.8 Å². The number of rotatable bonds is 10. The van der Waals surface area contributed by atoms with E-state index in [9.17, 15) is 19.5 Å². The van der Waals surface area contributed by atoms with Crippen LogP contribution in [0.2, 0.25) is 0 Å². The van der Waals surface area contributed by atoms with Crippen molar-refractivity contribution in [2.24, 2.45) is 46.8 Å². The Bertz CT molecular complexity index is 817. The number of unbranched alkanes of at least 4 members (excludes halogenated alkanes) is 1. The zero-order valence-electron chi connectivity index (χ0n) is 23.3. The first-order valence-corrected chi connectivity index (χ1v) is 14.2. The highest BCUT2D eigenvalue weighted by atomic mass is 16.5. The van der Waals surface area contributed by atoms with Gasteiger partial charge < -0.3 is 14.6 Å². The van der Waals surface area contributed by atoms with E-state index in [0.717, 1.165) is 51.4 Å². The molecule has 3 rings (SSSR count). The van der Waals surface area contributed by atoms with Gasteiger partial charge in [-0.25, -0.2) is 0 Å². The van der Waals surface area contributed by atoms with Crippen LogP contribution in [-0.4, -0.2) is 43.2 Å². The van der Waals surface area contributed by atoms with Crippen LogP contribution in [0.15, 0.2) is 11.6 Å². The number of methoxy groups -OCH3 is 2. The van der Waals surface area contributed by atoms with Gasteiger partial charge in [0.25, 0.3) is 0 Å². The van der Waals surface area contributed by atoms with E-state index in [2.05, 4.69) is 27.7 Å². The highest BCUT2D eigenvalue weighted by Gasteiger charge is 2.56. The van der Waals surface area contributed by atoms with E-state index in [-0.39, 0.29) is 29.0 Å². The molecule has 0 aliphatic heterocycles. The van der Waals surface area contributed by atoms with Crippen molar-refractivity contribution in [3.63, 3.8) is 0 Å². The number of aliphatic hydroxyl groups excluding tert-OH is 1. The van der Waals surface area contributed by atoms with Crippen molar-refractivity contribution >= 4 is 17.7 Å². The molecular weight excluding hydrogens is 456 g/mol. The molecule has 8 atom stereocenters. The molecule has 6 nitrogen and oxygen atoms in total. The van der Waals surface area contributed by atoms with Crippen LogP contribution in [0.5, 0.6) is 0 Å². The largest absolute Gasteiger partial charge is 0.468 e. The second-order valence-electron chi connectivity index (χ2n) is 12.0. The van der Waals surface area contributed by atoms with Crippen LogP contribution in [0.4, 0.5) is 0 Å². The molecule has 0 spiro atoms. The molecule has 3 aliphatic carbocycles. The fourth-order valence-corrected chi connectivity index (χ4v) is 8.04. The molecule has 0 aromatic rings. The normalized spacial score (nSPS) is 35.2. The molecule has 0 heterocycles. The SMILES string of the molecule is CCCCC1C(C2CCC([C@H](C)CC(C(=O)OC)C(=O)OC)C2)[C@H](O)[C@@H](CC)C2=CC(=O)CC[C@@]21C. The Morgan fingerprint density at radius 1 is 1.17 bits per heavy atom. The summed E-state index contributed by atoms with van der Waals surface area (Å²) < 4.78 is 9.74. The van der Waals surface area contributed by atoms with Crippen molar-refractivity contribution in [1.29, 1.82) is 0 Å². The number of carbonyl (C=O) groups excluding carboxylic acids is 3. The van der Waals surface area contributed by atoms with Gasteiger partial charge in [-0.3, -0.25) is 14.4 Å². The van der Waals surface area contributed by atoms with Crippen LogP contribution in [0.1, 0.15) is 91.9 Å². The van der Waals surface area contributed by atoms with Crippen molar-refractivity contribution in [3.8, 4) is 0 Å². The smallest absolute Gasteiger partial charge is 0.320 e. The second-order valence-corrected chi connectivity index (χ2v) is 12.0. The van der Waals surface area contributed by atoms with Crippen LogP contribution < -0.4 is 0 Å². The number of ether oxygens (including phenoxy) is 2. The molecule has 2 fully saturated rings. The average molecular weight is 505 g/mol. The number of esters is 2. The standard InChI is InChI=1S/C30H48O6/c1-7-9-10-24-26(27(32)22(8-2)25-17-21(31)13-14-30(24,25)4)20-12-11-19(16-20)18(3)15-23(28(33)35-5)29(34)36-6/h17-20,22-24,26-27,32H,7-16H2,1-6H3/t18-,19?,20?,22+,24?,26?,27-,30-/m1/s1. The maximum Gasteiger partial charge on any atom is 0.320 e. The lowest BCUT2D eigenvalue weighted by Gasteiger charge is -2.56. The molecule has 3 aliphatic rings. The van der Waals surface area contributed by atoms with Gasteiger partial charge in [-0.15, -0.1) is 0 Å². The van der Waals surface area contributed by atoms with Crippen molar-refractivity contribution in [1.82, 2.24) is 0 Å². The molecule has 0 radical (unpaired) electrons. The number of hydrogen-bond acceptors (Lipinski definition) is 6. The van der Waals surface area contributed by atoms with E-state index in [1.165, 1.54) is 19.8 Å². The lowest BCUT2D eigenvalue weighted by molar-refractivity contribution is -0.159. The molecule has 4 unspecified atom stereocenters. The molecule has 36 heavy (non-hydrogen) atoms. The summed E-state index contributed by atoms with van der Waals surface area (Å²) in [6, 6.07) is 0. The summed E-state index contributed by atoms with van der Waals surface area (Å²) in [4.78, 5) is 36.9. The molecule has 0 saturated heterocycles. The van der Waals surface area contributed by atoms with Gasteiger partial charge in [-0.05, 0) is 86.0 Å². The predicted octanol–water partition coefficient (Wildman–Crippen LogP) is 5.51. The maximum atomic E-state index is 12.4. The fourth-order valence-electron chi connectivity index (χ4n) is 8.04. The van der Waals surface area contributed by atoms with Gasteiger partial charge in [0.1, 0.15) is 0 Å². The molecule has 0 aromatic heterocycles. The van der Waals surface area contributed by atoms with E-state index < -0.39 is 24.0 Å². The van der Waals surface area contributed by atoms with Gasteiger partial charge >= 0.3 is 11.9 Å². The molecule has 0 bridgehead atoms. The van der Waals surface area contributed by atoms with E-state index in [1.54, 1.807) is 0 Å². The summed E-state index contributed by atoms with van der Waals surface area (Å²) in [5, 5.41) is 11.8. The van der Waals surface area contributed by atoms with Gasteiger partial charge in [0.05, 0.1) is 20.3 Å². The van der Waals surface area contributed by atoms with Crippen molar-refractivity contribution in [2.75, 3.05) is 14.2 Å².